The highest BCUT2D eigenvalue weighted by Crippen LogP contribution is 2.32. The molecule has 94 valence electrons. The molecule has 2 aromatic rings. The molecule has 18 heavy (non-hydrogen) atoms. The Bertz CT molecular complexity index is 561. The third-order valence-corrected chi connectivity index (χ3v) is 4.30. The van der Waals surface area contributed by atoms with Gasteiger partial charge in [0.25, 0.3) is 0 Å². The number of halogens is 1. The zero-order chi connectivity index (χ0) is 12.5. The van der Waals surface area contributed by atoms with Crippen LogP contribution in [0.2, 0.25) is 5.02 Å². The summed E-state index contributed by atoms with van der Waals surface area (Å²) in [4.78, 5) is 4.34. The minimum absolute atomic E-state index is 0.0598. The molecule has 1 aliphatic rings. The van der Waals surface area contributed by atoms with Crippen LogP contribution >= 0.6 is 23.4 Å². The number of aromatic nitrogens is 2. The van der Waals surface area contributed by atoms with Crippen LogP contribution in [0.25, 0.3) is 11.4 Å². The molecule has 0 aliphatic carbocycles. The van der Waals surface area contributed by atoms with Crippen molar-refractivity contribution in [2.45, 2.75) is 12.0 Å². The lowest BCUT2D eigenvalue weighted by atomic mass is 10.1. The quantitative estimate of drug-likeness (QED) is 0.917. The average molecular weight is 283 g/mol. The van der Waals surface area contributed by atoms with Crippen molar-refractivity contribution in [1.82, 2.24) is 10.1 Å². The second-order valence-electron chi connectivity index (χ2n) is 4.18. The van der Waals surface area contributed by atoms with Gasteiger partial charge >= 0.3 is 0 Å². The smallest absolute Gasteiger partial charge is 0.233 e. The van der Waals surface area contributed by atoms with Crippen molar-refractivity contribution in [3.8, 4) is 11.4 Å². The molecule has 0 bridgehead atoms. The van der Waals surface area contributed by atoms with E-state index >= 15 is 0 Å². The van der Waals surface area contributed by atoms with Crippen LogP contribution in [0.4, 0.5) is 0 Å². The zero-order valence-electron chi connectivity index (χ0n) is 9.41. The number of hydrogen-bond acceptors (Lipinski definition) is 5. The van der Waals surface area contributed by atoms with Gasteiger partial charge in [-0.15, -0.1) is 0 Å². The van der Waals surface area contributed by atoms with Crippen molar-refractivity contribution in [3.05, 3.63) is 35.2 Å². The Morgan fingerprint density at radius 3 is 3.00 bits per heavy atom. The number of thioether (sulfide) groups is 1. The first-order valence-corrected chi connectivity index (χ1v) is 7.12. The molecule has 0 amide bonds. The SMILES string of the molecule is OC1CSCC1c1nc(-c2cccc(Cl)c2)no1. The lowest BCUT2D eigenvalue weighted by Gasteiger charge is -2.06. The Balaban J connectivity index is 1.89. The molecule has 0 spiro atoms. The largest absolute Gasteiger partial charge is 0.391 e. The van der Waals surface area contributed by atoms with Gasteiger partial charge < -0.3 is 9.63 Å². The van der Waals surface area contributed by atoms with Crippen molar-refractivity contribution in [2.75, 3.05) is 11.5 Å². The first kappa shape index (κ1) is 12.0. The van der Waals surface area contributed by atoms with E-state index in [0.29, 0.717) is 16.7 Å². The maximum absolute atomic E-state index is 9.80. The van der Waals surface area contributed by atoms with E-state index in [-0.39, 0.29) is 5.92 Å². The molecule has 2 unspecified atom stereocenters. The zero-order valence-corrected chi connectivity index (χ0v) is 11.0. The van der Waals surface area contributed by atoms with E-state index in [2.05, 4.69) is 10.1 Å². The fraction of sp³-hybridized carbons (Fsp3) is 0.333. The average Bonchev–Trinajstić information content (AvgIpc) is 2.97. The monoisotopic (exact) mass is 282 g/mol. The van der Waals surface area contributed by atoms with E-state index in [1.54, 1.807) is 23.9 Å². The van der Waals surface area contributed by atoms with Gasteiger partial charge in [0.15, 0.2) is 0 Å². The highest BCUT2D eigenvalue weighted by atomic mass is 35.5. The van der Waals surface area contributed by atoms with Crippen LogP contribution in [-0.4, -0.2) is 32.9 Å². The predicted molar refractivity (Wildman–Crippen MR) is 70.8 cm³/mol. The lowest BCUT2D eigenvalue weighted by Crippen LogP contribution is -2.15. The first-order chi connectivity index (χ1) is 8.74. The summed E-state index contributed by atoms with van der Waals surface area (Å²) in [5.74, 6) is 2.49. The second-order valence-corrected chi connectivity index (χ2v) is 5.69. The summed E-state index contributed by atoms with van der Waals surface area (Å²) < 4.78 is 5.24. The molecule has 1 aliphatic heterocycles. The van der Waals surface area contributed by atoms with Crippen LogP contribution in [0.5, 0.6) is 0 Å². The van der Waals surface area contributed by atoms with Crippen LogP contribution in [0, 0.1) is 0 Å². The summed E-state index contributed by atoms with van der Waals surface area (Å²) in [7, 11) is 0. The van der Waals surface area contributed by atoms with E-state index in [4.69, 9.17) is 16.1 Å². The number of aliphatic hydroxyl groups excluding tert-OH is 1. The highest BCUT2D eigenvalue weighted by molar-refractivity contribution is 7.99. The topological polar surface area (TPSA) is 59.2 Å². The highest BCUT2D eigenvalue weighted by Gasteiger charge is 2.32. The van der Waals surface area contributed by atoms with E-state index in [0.717, 1.165) is 17.1 Å². The third kappa shape index (κ3) is 2.25. The molecular formula is C12H11ClN2O2S. The summed E-state index contributed by atoms with van der Waals surface area (Å²) in [5.41, 5.74) is 0.817. The van der Waals surface area contributed by atoms with Crippen molar-refractivity contribution in [2.24, 2.45) is 0 Å². The summed E-state index contributed by atoms with van der Waals surface area (Å²) in [5, 5.41) is 14.4. The molecule has 2 heterocycles. The molecule has 3 rings (SSSR count). The van der Waals surface area contributed by atoms with Crippen LogP contribution < -0.4 is 0 Å². The third-order valence-electron chi connectivity index (χ3n) is 2.89. The Hall–Kier alpha value is -1.04. The number of rotatable bonds is 2. The normalized spacial score (nSPS) is 23.4. The number of aliphatic hydroxyl groups is 1. The number of benzene rings is 1. The van der Waals surface area contributed by atoms with Crippen molar-refractivity contribution >= 4 is 23.4 Å². The first-order valence-electron chi connectivity index (χ1n) is 5.59. The fourth-order valence-electron chi connectivity index (χ4n) is 1.91. The van der Waals surface area contributed by atoms with E-state index in [1.807, 2.05) is 12.1 Å². The Morgan fingerprint density at radius 2 is 2.28 bits per heavy atom. The molecule has 0 radical (unpaired) electrons. The molecular weight excluding hydrogens is 272 g/mol. The van der Waals surface area contributed by atoms with Gasteiger partial charge in [-0.25, -0.2) is 0 Å². The van der Waals surface area contributed by atoms with Crippen molar-refractivity contribution < 1.29 is 9.63 Å². The van der Waals surface area contributed by atoms with Gasteiger partial charge in [0.2, 0.25) is 11.7 Å². The van der Waals surface area contributed by atoms with Crippen LogP contribution in [0.1, 0.15) is 11.8 Å². The number of hydrogen-bond donors (Lipinski definition) is 1. The minimum atomic E-state index is -0.400. The minimum Gasteiger partial charge on any atom is -0.391 e. The molecule has 1 saturated heterocycles. The van der Waals surface area contributed by atoms with Crippen LogP contribution in [-0.2, 0) is 0 Å². The molecule has 1 N–H and O–H groups in total. The van der Waals surface area contributed by atoms with Crippen molar-refractivity contribution in [1.29, 1.82) is 0 Å². The number of nitrogens with zero attached hydrogens (tertiary/aromatic N) is 2. The van der Waals surface area contributed by atoms with E-state index < -0.39 is 6.10 Å². The predicted octanol–water partition coefficient (Wildman–Crippen LogP) is 2.58. The fourth-order valence-corrected chi connectivity index (χ4v) is 3.33. The van der Waals surface area contributed by atoms with Gasteiger partial charge in [-0.1, -0.05) is 28.9 Å². The van der Waals surface area contributed by atoms with Crippen LogP contribution in [0.3, 0.4) is 0 Å². The lowest BCUT2D eigenvalue weighted by molar-refractivity contribution is 0.164. The molecule has 1 aromatic carbocycles. The van der Waals surface area contributed by atoms with Gasteiger partial charge in [0.1, 0.15) is 0 Å². The summed E-state index contributed by atoms with van der Waals surface area (Å²) >= 11 is 7.62. The maximum Gasteiger partial charge on any atom is 0.233 e. The summed E-state index contributed by atoms with van der Waals surface area (Å²) in [6.45, 7) is 0. The molecule has 1 fully saturated rings. The molecule has 2 atom stereocenters. The van der Waals surface area contributed by atoms with Gasteiger partial charge in [0.05, 0.1) is 12.0 Å². The Kier molecular flexibility index (Phi) is 3.28. The van der Waals surface area contributed by atoms with Crippen molar-refractivity contribution in [3.63, 3.8) is 0 Å². The molecule has 0 saturated carbocycles. The van der Waals surface area contributed by atoms with E-state index in [9.17, 15) is 5.11 Å². The Labute approximate surface area is 113 Å². The molecule has 1 aromatic heterocycles. The molecule has 6 heteroatoms. The van der Waals surface area contributed by atoms with Gasteiger partial charge in [-0.3, -0.25) is 0 Å². The van der Waals surface area contributed by atoms with Gasteiger partial charge in [-0.05, 0) is 12.1 Å². The summed E-state index contributed by atoms with van der Waals surface area (Å²) in [6, 6.07) is 7.30. The van der Waals surface area contributed by atoms with Gasteiger partial charge in [-0.2, -0.15) is 16.7 Å². The van der Waals surface area contributed by atoms with E-state index in [1.165, 1.54) is 0 Å². The second kappa shape index (κ2) is 4.91. The van der Waals surface area contributed by atoms with Crippen LogP contribution in [0.15, 0.2) is 28.8 Å². The summed E-state index contributed by atoms with van der Waals surface area (Å²) in [6.07, 6.45) is -0.400. The maximum atomic E-state index is 9.80. The Morgan fingerprint density at radius 1 is 1.39 bits per heavy atom. The molecule has 4 nitrogen and oxygen atoms in total. The van der Waals surface area contributed by atoms with Gasteiger partial charge in [0, 0.05) is 22.1 Å². The standard InChI is InChI=1S/C12H11ClN2O2S/c13-8-3-1-2-7(4-8)11-14-12(17-15-11)9-5-18-6-10(9)16/h1-4,9-10,16H,5-6H2.